The van der Waals surface area contributed by atoms with Crippen LogP contribution in [0, 0.1) is 13.8 Å². The van der Waals surface area contributed by atoms with Gasteiger partial charge in [0.1, 0.15) is 0 Å². The van der Waals surface area contributed by atoms with Crippen molar-refractivity contribution in [3.8, 4) is 11.1 Å². The first-order valence-corrected chi connectivity index (χ1v) is 6.01. The van der Waals surface area contributed by atoms with E-state index in [1.807, 2.05) is 0 Å². The molecule has 3 rings (SSSR count). The Morgan fingerprint density at radius 1 is 0.824 bits per heavy atom. The lowest BCUT2D eigenvalue weighted by atomic mass is 9.64. The Kier molecular flexibility index (Phi) is 2.04. The summed E-state index contributed by atoms with van der Waals surface area (Å²) in [5.74, 6) is 0. The lowest BCUT2D eigenvalue weighted by Gasteiger charge is -2.22. The van der Waals surface area contributed by atoms with Gasteiger partial charge in [-0.3, -0.25) is 0 Å². The smallest absolute Gasteiger partial charge is 0.0596 e. The maximum atomic E-state index is 6.54. The van der Waals surface area contributed by atoms with Crippen LogP contribution in [-0.4, -0.2) is 7.85 Å². The fraction of sp³-hybridized carbons (Fsp3) is 0.250. The molecule has 1 aliphatic rings. The fourth-order valence-electron chi connectivity index (χ4n) is 2.79. The Bertz CT molecular complexity index is 555. The van der Waals surface area contributed by atoms with E-state index in [2.05, 4.69) is 57.2 Å². The molecule has 0 aromatic heterocycles. The lowest BCUT2D eigenvalue weighted by molar-refractivity contribution is 0.846. The van der Waals surface area contributed by atoms with Gasteiger partial charge in [-0.05, 0) is 41.4 Å². The molecule has 1 heteroatoms. The summed E-state index contributed by atoms with van der Waals surface area (Å²) >= 11 is 0. The summed E-state index contributed by atoms with van der Waals surface area (Å²) in [6.07, 6.45) is 0. The second-order valence-electron chi connectivity index (χ2n) is 5.30. The second-order valence-corrected chi connectivity index (χ2v) is 5.30. The first kappa shape index (κ1) is 10.6. The average Bonchev–Trinajstić information content (AvgIpc) is 2.49. The Morgan fingerprint density at radius 2 is 1.24 bits per heavy atom. The van der Waals surface area contributed by atoms with Crippen molar-refractivity contribution < 1.29 is 0 Å². The Hall–Kier alpha value is -1.50. The number of hydrogen-bond acceptors (Lipinski definition) is 0. The molecular formula is C16H15B. The van der Waals surface area contributed by atoms with E-state index in [-0.39, 0.29) is 5.31 Å². The summed E-state index contributed by atoms with van der Waals surface area (Å²) in [7, 11) is 6.54. The molecule has 0 saturated heterocycles. The zero-order valence-corrected chi connectivity index (χ0v) is 10.5. The highest BCUT2D eigenvalue weighted by molar-refractivity contribution is 6.21. The molecule has 1 aliphatic carbocycles. The maximum Gasteiger partial charge on any atom is 0.0871 e. The predicted molar refractivity (Wildman–Crippen MR) is 73.6 cm³/mol. The van der Waals surface area contributed by atoms with Crippen molar-refractivity contribution in [2.24, 2.45) is 0 Å². The molecule has 2 aromatic rings. The van der Waals surface area contributed by atoms with Crippen LogP contribution in [0.1, 0.15) is 29.2 Å². The largest absolute Gasteiger partial charge is 0.0871 e. The van der Waals surface area contributed by atoms with E-state index in [1.54, 1.807) is 0 Å². The Morgan fingerprint density at radius 3 is 1.65 bits per heavy atom. The molecule has 2 radical (unpaired) electrons. The molecule has 0 saturated carbocycles. The summed E-state index contributed by atoms with van der Waals surface area (Å²) in [5.41, 5.74) is 7.61. The van der Waals surface area contributed by atoms with E-state index in [0.717, 1.165) is 0 Å². The highest BCUT2D eigenvalue weighted by Gasteiger charge is 2.34. The highest BCUT2D eigenvalue weighted by Crippen LogP contribution is 2.47. The van der Waals surface area contributed by atoms with E-state index in [1.165, 1.54) is 33.4 Å². The number of rotatable bonds is 0. The molecule has 0 fully saturated rings. The highest BCUT2D eigenvalue weighted by atomic mass is 14.3. The quantitative estimate of drug-likeness (QED) is 0.591. The van der Waals surface area contributed by atoms with Crippen molar-refractivity contribution in [3.05, 3.63) is 58.7 Å². The van der Waals surface area contributed by atoms with Crippen LogP contribution in [-0.2, 0) is 5.31 Å². The van der Waals surface area contributed by atoms with E-state index in [9.17, 15) is 0 Å². The van der Waals surface area contributed by atoms with E-state index >= 15 is 0 Å². The van der Waals surface area contributed by atoms with Crippen LogP contribution in [0.5, 0.6) is 0 Å². The summed E-state index contributed by atoms with van der Waals surface area (Å²) in [6.45, 7) is 6.34. The monoisotopic (exact) mass is 218 g/mol. The number of hydrogen-bond donors (Lipinski definition) is 0. The first-order chi connectivity index (χ1) is 8.00. The molecular weight excluding hydrogens is 203 g/mol. The third kappa shape index (κ3) is 1.38. The number of benzene rings is 2. The molecule has 17 heavy (non-hydrogen) atoms. The summed E-state index contributed by atoms with van der Waals surface area (Å²) in [4.78, 5) is 0. The van der Waals surface area contributed by atoms with Gasteiger partial charge < -0.3 is 0 Å². The van der Waals surface area contributed by atoms with Crippen molar-refractivity contribution in [2.75, 3.05) is 0 Å². The Labute approximate surface area is 104 Å². The molecule has 0 nitrogen and oxygen atoms in total. The lowest BCUT2D eigenvalue weighted by Crippen LogP contribution is -2.20. The third-order valence-electron chi connectivity index (χ3n) is 3.76. The van der Waals surface area contributed by atoms with Gasteiger partial charge in [-0.1, -0.05) is 54.4 Å². The normalized spacial score (nSPS) is 15.5. The van der Waals surface area contributed by atoms with E-state index < -0.39 is 0 Å². The minimum absolute atomic E-state index is 0.358. The zero-order valence-electron chi connectivity index (χ0n) is 10.5. The minimum Gasteiger partial charge on any atom is -0.0596 e. The van der Waals surface area contributed by atoms with Gasteiger partial charge in [0.2, 0.25) is 0 Å². The standard InChI is InChI=1S/C16H15B/c1-10-4-6-12-13-7-5-11(2)9-15(13)16(3,17)14(12)8-10/h4-9H,1-3H3. The van der Waals surface area contributed by atoms with E-state index in [0.29, 0.717) is 0 Å². The van der Waals surface area contributed by atoms with Crippen LogP contribution in [0.2, 0.25) is 0 Å². The molecule has 0 amide bonds. The molecule has 0 N–H and O–H groups in total. The zero-order chi connectivity index (χ0) is 12.2. The van der Waals surface area contributed by atoms with Crippen LogP contribution in [0.15, 0.2) is 36.4 Å². The van der Waals surface area contributed by atoms with Gasteiger partial charge in [0, 0.05) is 0 Å². The number of aryl methyl sites for hydroxylation is 2. The third-order valence-corrected chi connectivity index (χ3v) is 3.76. The second kappa shape index (κ2) is 3.26. The van der Waals surface area contributed by atoms with Gasteiger partial charge in [0.25, 0.3) is 0 Å². The molecule has 2 aromatic carbocycles. The fourth-order valence-corrected chi connectivity index (χ4v) is 2.79. The Balaban J connectivity index is 2.37. The molecule has 0 unspecified atom stereocenters. The maximum absolute atomic E-state index is 6.54. The predicted octanol–water partition coefficient (Wildman–Crippen LogP) is 3.72. The van der Waals surface area contributed by atoms with Gasteiger partial charge in [-0.2, -0.15) is 0 Å². The summed E-state index contributed by atoms with van der Waals surface area (Å²) in [6, 6.07) is 13.1. The van der Waals surface area contributed by atoms with Gasteiger partial charge in [0.15, 0.2) is 0 Å². The minimum atomic E-state index is -0.358. The van der Waals surface area contributed by atoms with Crippen molar-refractivity contribution in [2.45, 2.75) is 26.1 Å². The topological polar surface area (TPSA) is 0 Å². The van der Waals surface area contributed by atoms with Gasteiger partial charge >= 0.3 is 0 Å². The van der Waals surface area contributed by atoms with Crippen molar-refractivity contribution in [3.63, 3.8) is 0 Å². The van der Waals surface area contributed by atoms with Crippen LogP contribution in [0.25, 0.3) is 11.1 Å². The summed E-state index contributed by atoms with van der Waals surface area (Å²) < 4.78 is 0. The van der Waals surface area contributed by atoms with Gasteiger partial charge in [-0.15, -0.1) is 0 Å². The van der Waals surface area contributed by atoms with Crippen LogP contribution in [0.4, 0.5) is 0 Å². The molecule has 0 aliphatic heterocycles. The van der Waals surface area contributed by atoms with Crippen molar-refractivity contribution in [1.29, 1.82) is 0 Å². The van der Waals surface area contributed by atoms with Crippen molar-refractivity contribution >= 4 is 7.85 Å². The van der Waals surface area contributed by atoms with Crippen molar-refractivity contribution in [1.82, 2.24) is 0 Å². The molecule has 82 valence electrons. The van der Waals surface area contributed by atoms with Gasteiger partial charge in [0.05, 0.1) is 7.85 Å². The summed E-state index contributed by atoms with van der Waals surface area (Å²) in [5, 5.41) is -0.358. The SMILES string of the molecule is [B]C1(C)c2cc(C)ccc2-c2ccc(C)cc21. The van der Waals surface area contributed by atoms with Gasteiger partial charge in [-0.25, -0.2) is 0 Å². The van der Waals surface area contributed by atoms with Crippen LogP contribution in [0.3, 0.4) is 0 Å². The molecule has 0 atom stereocenters. The average molecular weight is 218 g/mol. The molecule has 0 bridgehead atoms. The molecule has 0 spiro atoms. The number of fused-ring (bicyclic) bond motifs is 3. The van der Waals surface area contributed by atoms with E-state index in [4.69, 9.17) is 7.85 Å². The molecule has 0 heterocycles. The first-order valence-electron chi connectivity index (χ1n) is 6.01. The van der Waals surface area contributed by atoms with Crippen LogP contribution >= 0.6 is 0 Å². The van der Waals surface area contributed by atoms with Crippen LogP contribution < -0.4 is 0 Å².